The van der Waals surface area contributed by atoms with Gasteiger partial charge in [0.05, 0.1) is 43.0 Å². The molecule has 1 unspecified atom stereocenters. The SMILES string of the molecule is COc1cc(OC)c(/C(O)=C2\C(=O)C(=O)N(Cc3cccs3)C2c2cccc(O)c2)cc1Cl. The number of carbonyl (C=O) groups is 2. The molecule has 7 nitrogen and oxygen atoms in total. The number of phenolic OH excluding ortho intramolecular Hbond substituents is 1. The second kappa shape index (κ2) is 9.17. The van der Waals surface area contributed by atoms with E-state index >= 15 is 0 Å². The van der Waals surface area contributed by atoms with Gasteiger partial charge in [0.2, 0.25) is 0 Å². The number of phenols is 1. The van der Waals surface area contributed by atoms with Gasteiger partial charge in [-0.15, -0.1) is 11.3 Å². The molecule has 1 fully saturated rings. The van der Waals surface area contributed by atoms with Gasteiger partial charge in [0, 0.05) is 10.9 Å². The third-order valence-electron chi connectivity index (χ3n) is 5.36. The van der Waals surface area contributed by atoms with E-state index in [0.717, 1.165) is 4.88 Å². The van der Waals surface area contributed by atoms with Crippen LogP contribution in [0.15, 0.2) is 59.5 Å². The lowest BCUT2D eigenvalue weighted by Crippen LogP contribution is -2.28. The Labute approximate surface area is 199 Å². The normalized spacial score (nSPS) is 17.4. The van der Waals surface area contributed by atoms with E-state index in [9.17, 15) is 19.8 Å². The quantitative estimate of drug-likeness (QED) is 0.297. The zero-order valence-electron chi connectivity index (χ0n) is 17.7. The van der Waals surface area contributed by atoms with Crippen LogP contribution in [-0.2, 0) is 16.1 Å². The molecule has 1 atom stereocenters. The summed E-state index contributed by atoms with van der Waals surface area (Å²) in [5, 5.41) is 23.4. The van der Waals surface area contributed by atoms with Crippen LogP contribution in [0.4, 0.5) is 0 Å². The van der Waals surface area contributed by atoms with Crippen LogP contribution < -0.4 is 9.47 Å². The maximum Gasteiger partial charge on any atom is 0.295 e. The predicted octanol–water partition coefficient (Wildman–Crippen LogP) is 4.75. The predicted molar refractivity (Wildman–Crippen MR) is 125 cm³/mol. The molecule has 1 aliphatic heterocycles. The Hall–Kier alpha value is -3.49. The fourth-order valence-electron chi connectivity index (χ4n) is 3.85. The molecular formula is C24H20ClNO6S. The van der Waals surface area contributed by atoms with Gasteiger partial charge < -0.3 is 24.6 Å². The van der Waals surface area contributed by atoms with Crippen molar-refractivity contribution in [3.63, 3.8) is 0 Å². The summed E-state index contributed by atoms with van der Waals surface area (Å²) in [6.07, 6.45) is 0. The van der Waals surface area contributed by atoms with E-state index in [2.05, 4.69) is 0 Å². The number of rotatable bonds is 6. The number of hydrogen-bond acceptors (Lipinski definition) is 7. The van der Waals surface area contributed by atoms with Crippen LogP contribution in [0.1, 0.15) is 22.0 Å². The van der Waals surface area contributed by atoms with E-state index in [1.807, 2.05) is 17.5 Å². The second-order valence-corrected chi connectivity index (χ2v) is 8.73. The summed E-state index contributed by atoms with van der Waals surface area (Å²) < 4.78 is 10.6. The Morgan fingerprint density at radius 3 is 2.48 bits per heavy atom. The van der Waals surface area contributed by atoms with Gasteiger partial charge in [-0.1, -0.05) is 29.8 Å². The minimum absolute atomic E-state index is 0.0284. The Balaban J connectivity index is 1.93. The van der Waals surface area contributed by atoms with Crippen LogP contribution in [0.5, 0.6) is 17.2 Å². The first kappa shape index (κ1) is 22.7. The smallest absolute Gasteiger partial charge is 0.295 e. The van der Waals surface area contributed by atoms with E-state index < -0.39 is 23.5 Å². The van der Waals surface area contributed by atoms with Gasteiger partial charge in [0.1, 0.15) is 23.0 Å². The maximum atomic E-state index is 13.2. The molecule has 1 saturated heterocycles. The number of ether oxygens (including phenoxy) is 2. The van der Waals surface area contributed by atoms with E-state index in [1.165, 1.54) is 54.7 Å². The topological polar surface area (TPSA) is 96.3 Å². The molecule has 170 valence electrons. The molecule has 2 N–H and O–H groups in total. The number of carbonyl (C=O) groups excluding carboxylic acids is 2. The lowest BCUT2D eigenvalue weighted by Gasteiger charge is -2.25. The molecule has 33 heavy (non-hydrogen) atoms. The number of nitrogens with zero attached hydrogens (tertiary/aromatic N) is 1. The van der Waals surface area contributed by atoms with E-state index in [1.54, 1.807) is 12.1 Å². The lowest BCUT2D eigenvalue weighted by molar-refractivity contribution is -0.140. The first-order valence-electron chi connectivity index (χ1n) is 9.87. The van der Waals surface area contributed by atoms with Gasteiger partial charge in [-0.25, -0.2) is 0 Å². The number of methoxy groups -OCH3 is 2. The number of amides is 1. The maximum absolute atomic E-state index is 13.2. The third kappa shape index (κ3) is 4.15. The van der Waals surface area contributed by atoms with Gasteiger partial charge in [-0.05, 0) is 35.2 Å². The Morgan fingerprint density at radius 2 is 1.85 bits per heavy atom. The van der Waals surface area contributed by atoms with Crippen LogP contribution in [-0.4, -0.2) is 41.0 Å². The standard InChI is InChI=1S/C24H20ClNO6S/c1-31-18-11-19(32-2)17(25)10-16(18)22(28)20-21(13-5-3-6-14(27)9-13)26(24(30)23(20)29)12-15-7-4-8-33-15/h3-11,21,27-28H,12H2,1-2H3/b22-20+. The molecule has 3 aromatic rings. The molecule has 4 rings (SSSR count). The van der Waals surface area contributed by atoms with Crippen LogP contribution in [0.2, 0.25) is 5.02 Å². The molecule has 0 saturated carbocycles. The van der Waals surface area contributed by atoms with Crippen LogP contribution in [0.3, 0.4) is 0 Å². The van der Waals surface area contributed by atoms with E-state index in [-0.39, 0.29) is 34.2 Å². The van der Waals surface area contributed by atoms with Crippen molar-refractivity contribution < 1.29 is 29.3 Å². The lowest BCUT2D eigenvalue weighted by atomic mass is 9.94. The van der Waals surface area contributed by atoms with Gasteiger partial charge in [0.15, 0.2) is 0 Å². The molecule has 0 bridgehead atoms. The van der Waals surface area contributed by atoms with Crippen molar-refractivity contribution in [1.82, 2.24) is 4.90 Å². The molecule has 0 radical (unpaired) electrons. The van der Waals surface area contributed by atoms with Crippen LogP contribution in [0, 0.1) is 0 Å². The number of benzene rings is 2. The summed E-state index contributed by atoms with van der Waals surface area (Å²) in [5.74, 6) is -1.51. The van der Waals surface area contributed by atoms with Gasteiger partial charge in [0.25, 0.3) is 11.7 Å². The van der Waals surface area contributed by atoms with Gasteiger partial charge >= 0.3 is 0 Å². The third-order valence-corrected chi connectivity index (χ3v) is 6.52. The average Bonchev–Trinajstić information content (AvgIpc) is 3.41. The highest BCUT2D eigenvalue weighted by Gasteiger charge is 2.46. The molecule has 1 aromatic heterocycles. The van der Waals surface area contributed by atoms with Crippen molar-refractivity contribution in [3.8, 4) is 17.2 Å². The van der Waals surface area contributed by atoms with Gasteiger partial charge in [-0.2, -0.15) is 0 Å². The van der Waals surface area contributed by atoms with Gasteiger partial charge in [-0.3, -0.25) is 9.59 Å². The number of ketones is 1. The summed E-state index contributed by atoms with van der Waals surface area (Å²) >= 11 is 7.71. The van der Waals surface area contributed by atoms with Crippen molar-refractivity contribution >= 4 is 40.4 Å². The molecule has 0 aliphatic carbocycles. The first-order chi connectivity index (χ1) is 15.8. The number of aliphatic hydroxyl groups excluding tert-OH is 1. The summed E-state index contributed by atoms with van der Waals surface area (Å²) in [6.45, 7) is 0.167. The largest absolute Gasteiger partial charge is 0.508 e. The molecule has 0 spiro atoms. The number of hydrogen-bond donors (Lipinski definition) is 2. The number of likely N-dealkylation sites (tertiary alicyclic amines) is 1. The monoisotopic (exact) mass is 485 g/mol. The second-order valence-electron chi connectivity index (χ2n) is 7.29. The highest BCUT2D eigenvalue weighted by molar-refractivity contribution is 7.09. The van der Waals surface area contributed by atoms with Crippen LogP contribution in [0.25, 0.3) is 5.76 Å². The van der Waals surface area contributed by atoms with E-state index in [0.29, 0.717) is 11.3 Å². The highest BCUT2D eigenvalue weighted by atomic mass is 35.5. The summed E-state index contributed by atoms with van der Waals surface area (Å²) in [5.41, 5.74) is 0.496. The molecular weight excluding hydrogens is 466 g/mol. The van der Waals surface area contributed by atoms with Crippen molar-refractivity contribution in [2.24, 2.45) is 0 Å². The fraction of sp³-hybridized carbons (Fsp3) is 0.167. The number of thiophene rings is 1. The van der Waals surface area contributed by atoms with Crippen molar-refractivity contribution in [2.75, 3.05) is 14.2 Å². The molecule has 1 aliphatic rings. The molecule has 9 heteroatoms. The zero-order chi connectivity index (χ0) is 23.7. The Morgan fingerprint density at radius 1 is 1.09 bits per heavy atom. The summed E-state index contributed by atoms with van der Waals surface area (Å²) in [4.78, 5) is 28.5. The fourth-order valence-corrected chi connectivity index (χ4v) is 4.79. The van der Waals surface area contributed by atoms with Crippen molar-refractivity contribution in [1.29, 1.82) is 0 Å². The molecule has 2 aromatic carbocycles. The zero-order valence-corrected chi connectivity index (χ0v) is 19.3. The Bertz CT molecular complexity index is 1250. The molecule has 2 heterocycles. The minimum Gasteiger partial charge on any atom is -0.508 e. The first-order valence-corrected chi connectivity index (χ1v) is 11.1. The van der Waals surface area contributed by atoms with Crippen molar-refractivity contribution in [2.45, 2.75) is 12.6 Å². The number of aliphatic hydroxyl groups is 1. The average molecular weight is 486 g/mol. The summed E-state index contributed by atoms with van der Waals surface area (Å²) in [7, 11) is 2.85. The van der Waals surface area contributed by atoms with E-state index in [4.69, 9.17) is 21.1 Å². The summed E-state index contributed by atoms with van der Waals surface area (Å²) in [6, 6.07) is 11.9. The highest BCUT2D eigenvalue weighted by Crippen LogP contribution is 2.44. The minimum atomic E-state index is -0.926. The number of Topliss-reactive ketones (excluding diaryl/α,β-unsaturated/α-hetero) is 1. The number of halogens is 1. The number of aromatic hydroxyl groups is 1. The van der Waals surface area contributed by atoms with Crippen molar-refractivity contribution in [3.05, 3.63) is 80.5 Å². The van der Waals surface area contributed by atoms with Crippen LogP contribution >= 0.6 is 22.9 Å². The molecule has 1 amide bonds. The Kier molecular flexibility index (Phi) is 6.31.